The Bertz CT molecular complexity index is 520. The second kappa shape index (κ2) is 5.93. The number of nitrogens with one attached hydrogen (secondary N) is 1. The molecule has 116 valence electrons. The third-order valence-corrected chi connectivity index (χ3v) is 4.67. The van der Waals surface area contributed by atoms with Gasteiger partial charge in [0.2, 0.25) is 0 Å². The lowest BCUT2D eigenvalue weighted by Gasteiger charge is -2.50. The van der Waals surface area contributed by atoms with Crippen LogP contribution in [0.1, 0.15) is 32.3 Å². The topological polar surface area (TPSA) is 67.6 Å². The number of methoxy groups -OCH3 is 1. The van der Waals surface area contributed by atoms with Gasteiger partial charge in [0.05, 0.1) is 12.6 Å². The van der Waals surface area contributed by atoms with Crippen LogP contribution in [0.2, 0.25) is 0 Å². The molecule has 1 heterocycles. The summed E-state index contributed by atoms with van der Waals surface area (Å²) in [6.07, 6.45) is 0. The van der Waals surface area contributed by atoms with E-state index < -0.39 is 0 Å². The maximum atomic E-state index is 11.9. The van der Waals surface area contributed by atoms with E-state index in [2.05, 4.69) is 32.2 Å². The largest absolute Gasteiger partial charge is 0.497 e. The van der Waals surface area contributed by atoms with Gasteiger partial charge in [0.1, 0.15) is 5.75 Å². The van der Waals surface area contributed by atoms with Crippen LogP contribution in [0.25, 0.3) is 0 Å². The maximum absolute atomic E-state index is 11.9. The predicted octanol–water partition coefficient (Wildman–Crippen LogP) is 1.93. The number of primary amides is 1. The van der Waals surface area contributed by atoms with Crippen LogP contribution in [-0.4, -0.2) is 42.7 Å². The molecule has 2 rings (SSSR count). The van der Waals surface area contributed by atoms with E-state index in [0.29, 0.717) is 6.54 Å². The molecule has 0 saturated carbocycles. The Balaban J connectivity index is 2.33. The number of carbonyl (C=O) groups is 1. The highest BCUT2D eigenvalue weighted by Gasteiger charge is 2.43. The lowest BCUT2D eigenvalue weighted by molar-refractivity contribution is 0.0722. The summed E-state index contributed by atoms with van der Waals surface area (Å²) < 4.78 is 5.30. The fourth-order valence-corrected chi connectivity index (χ4v) is 3.02. The van der Waals surface area contributed by atoms with E-state index in [-0.39, 0.29) is 23.5 Å². The molecule has 1 aliphatic rings. The fraction of sp³-hybridized carbons (Fsp3) is 0.562. The average Bonchev–Trinajstić information content (AvgIpc) is 2.48. The number of benzene rings is 1. The summed E-state index contributed by atoms with van der Waals surface area (Å²) in [5, 5.41) is 3.46. The minimum Gasteiger partial charge on any atom is -0.497 e. The van der Waals surface area contributed by atoms with E-state index in [9.17, 15) is 4.79 Å². The molecule has 1 aliphatic heterocycles. The molecule has 0 aliphatic carbocycles. The van der Waals surface area contributed by atoms with Crippen molar-refractivity contribution >= 4 is 6.03 Å². The lowest BCUT2D eigenvalue weighted by atomic mass is 9.78. The smallest absolute Gasteiger partial charge is 0.315 e. The summed E-state index contributed by atoms with van der Waals surface area (Å²) in [6, 6.07) is 7.87. The van der Waals surface area contributed by atoms with Crippen molar-refractivity contribution in [3.63, 3.8) is 0 Å². The minimum atomic E-state index is -0.361. The number of hydrogen-bond donors (Lipinski definition) is 2. The van der Waals surface area contributed by atoms with Crippen LogP contribution in [0, 0.1) is 0 Å². The van der Waals surface area contributed by atoms with Crippen molar-refractivity contribution in [1.82, 2.24) is 10.2 Å². The zero-order valence-corrected chi connectivity index (χ0v) is 13.2. The van der Waals surface area contributed by atoms with Crippen molar-refractivity contribution in [2.75, 3.05) is 20.2 Å². The van der Waals surface area contributed by atoms with Gasteiger partial charge in [-0.1, -0.05) is 19.1 Å². The molecular weight excluding hydrogens is 266 g/mol. The Morgan fingerprint density at radius 2 is 2.29 bits per heavy atom. The Labute approximate surface area is 126 Å². The van der Waals surface area contributed by atoms with E-state index >= 15 is 0 Å². The van der Waals surface area contributed by atoms with Gasteiger partial charge < -0.3 is 20.7 Å². The summed E-state index contributed by atoms with van der Waals surface area (Å²) in [4.78, 5) is 13.7. The molecule has 1 aromatic carbocycles. The summed E-state index contributed by atoms with van der Waals surface area (Å²) in [5.74, 6) is 0.964. The summed E-state index contributed by atoms with van der Waals surface area (Å²) in [5.41, 5.74) is 6.39. The van der Waals surface area contributed by atoms with Gasteiger partial charge in [-0.05, 0) is 31.5 Å². The molecule has 0 spiro atoms. The van der Waals surface area contributed by atoms with Gasteiger partial charge in [0, 0.05) is 25.0 Å². The highest BCUT2D eigenvalue weighted by molar-refractivity contribution is 5.73. The van der Waals surface area contributed by atoms with Crippen molar-refractivity contribution in [3.8, 4) is 5.75 Å². The first-order chi connectivity index (χ1) is 9.88. The van der Waals surface area contributed by atoms with E-state index in [0.717, 1.165) is 17.9 Å². The zero-order valence-electron chi connectivity index (χ0n) is 13.2. The van der Waals surface area contributed by atoms with Gasteiger partial charge >= 0.3 is 6.03 Å². The number of nitrogens with two attached hydrogens (primary N) is 1. The van der Waals surface area contributed by atoms with Crippen LogP contribution in [0.15, 0.2) is 24.3 Å². The number of nitrogens with zero attached hydrogens (tertiary/aromatic N) is 1. The SMILES string of the molecule is COc1cccc([C@@H](C)C2(C)CNC(C)CN2C(N)=O)c1. The van der Waals surface area contributed by atoms with E-state index in [4.69, 9.17) is 10.5 Å². The van der Waals surface area contributed by atoms with Crippen molar-refractivity contribution in [2.45, 2.75) is 38.3 Å². The highest BCUT2D eigenvalue weighted by atomic mass is 16.5. The Morgan fingerprint density at radius 3 is 2.90 bits per heavy atom. The lowest BCUT2D eigenvalue weighted by Crippen LogP contribution is -2.67. The molecule has 0 bridgehead atoms. The molecule has 1 saturated heterocycles. The fourth-order valence-electron chi connectivity index (χ4n) is 3.02. The standard InChI is InChI=1S/C16H25N3O2/c1-11-9-19(15(17)20)16(3,10-18-11)12(2)13-6-5-7-14(8-13)21-4/h5-8,11-12,18H,9-10H2,1-4H3,(H2,17,20)/t11?,12-,16?/m1/s1. The maximum Gasteiger partial charge on any atom is 0.315 e. The predicted molar refractivity (Wildman–Crippen MR) is 83.6 cm³/mol. The highest BCUT2D eigenvalue weighted by Crippen LogP contribution is 2.35. The molecule has 1 fully saturated rings. The second-order valence-electron chi connectivity index (χ2n) is 6.09. The average molecular weight is 291 g/mol. The quantitative estimate of drug-likeness (QED) is 0.894. The van der Waals surface area contributed by atoms with Gasteiger partial charge in [-0.25, -0.2) is 4.79 Å². The molecular formula is C16H25N3O2. The van der Waals surface area contributed by atoms with Gasteiger partial charge in [-0.3, -0.25) is 0 Å². The second-order valence-corrected chi connectivity index (χ2v) is 6.09. The molecule has 2 unspecified atom stereocenters. The van der Waals surface area contributed by atoms with E-state index in [1.54, 1.807) is 12.0 Å². The third-order valence-electron chi connectivity index (χ3n) is 4.67. The monoisotopic (exact) mass is 291 g/mol. The van der Waals surface area contributed by atoms with Gasteiger partial charge in [-0.15, -0.1) is 0 Å². The first-order valence-electron chi connectivity index (χ1n) is 7.33. The van der Waals surface area contributed by atoms with Crippen LogP contribution in [0.4, 0.5) is 4.79 Å². The molecule has 5 heteroatoms. The molecule has 3 N–H and O–H groups in total. The van der Waals surface area contributed by atoms with Crippen molar-refractivity contribution in [3.05, 3.63) is 29.8 Å². The van der Waals surface area contributed by atoms with Crippen molar-refractivity contribution in [2.24, 2.45) is 5.73 Å². The number of urea groups is 1. The Kier molecular flexibility index (Phi) is 4.42. The number of piperazine rings is 1. The van der Waals surface area contributed by atoms with Crippen molar-refractivity contribution in [1.29, 1.82) is 0 Å². The number of rotatable bonds is 3. The summed E-state index contributed by atoms with van der Waals surface area (Å²) in [6.45, 7) is 7.62. The van der Waals surface area contributed by atoms with Crippen LogP contribution >= 0.6 is 0 Å². The summed E-state index contributed by atoms with van der Waals surface area (Å²) in [7, 11) is 1.66. The Morgan fingerprint density at radius 1 is 1.57 bits per heavy atom. The third kappa shape index (κ3) is 2.97. The zero-order chi connectivity index (χ0) is 15.6. The molecule has 0 aromatic heterocycles. The first-order valence-corrected chi connectivity index (χ1v) is 7.33. The molecule has 1 aromatic rings. The van der Waals surface area contributed by atoms with Gasteiger partial charge in [0.25, 0.3) is 0 Å². The van der Waals surface area contributed by atoms with Crippen LogP contribution in [0.5, 0.6) is 5.75 Å². The van der Waals surface area contributed by atoms with E-state index in [1.807, 2.05) is 18.2 Å². The van der Waals surface area contributed by atoms with Gasteiger partial charge in [-0.2, -0.15) is 0 Å². The van der Waals surface area contributed by atoms with E-state index in [1.165, 1.54) is 0 Å². The van der Waals surface area contributed by atoms with Gasteiger partial charge in [0.15, 0.2) is 0 Å². The first kappa shape index (κ1) is 15.6. The van der Waals surface area contributed by atoms with Crippen LogP contribution < -0.4 is 15.8 Å². The number of carbonyl (C=O) groups excluding carboxylic acids is 1. The molecule has 3 atom stereocenters. The van der Waals surface area contributed by atoms with Crippen LogP contribution in [-0.2, 0) is 0 Å². The normalized spacial score (nSPS) is 27.2. The molecule has 2 amide bonds. The molecule has 0 radical (unpaired) electrons. The minimum absolute atomic E-state index is 0.139. The van der Waals surface area contributed by atoms with Crippen molar-refractivity contribution < 1.29 is 9.53 Å². The van der Waals surface area contributed by atoms with Crippen LogP contribution in [0.3, 0.4) is 0 Å². The molecule has 5 nitrogen and oxygen atoms in total. The number of ether oxygens (including phenoxy) is 1. The Hall–Kier alpha value is -1.75. The molecule has 21 heavy (non-hydrogen) atoms. The number of hydrogen-bond acceptors (Lipinski definition) is 3. The summed E-state index contributed by atoms with van der Waals surface area (Å²) >= 11 is 0. The number of amides is 2.